The van der Waals surface area contributed by atoms with Crippen LogP contribution in [0.4, 0.5) is 15.8 Å². The molecule has 0 aliphatic rings. The van der Waals surface area contributed by atoms with Gasteiger partial charge in [0, 0.05) is 38.0 Å². The van der Waals surface area contributed by atoms with Gasteiger partial charge in [0.25, 0.3) is 0 Å². The maximum absolute atomic E-state index is 14.1. The van der Waals surface area contributed by atoms with E-state index in [-0.39, 0.29) is 5.82 Å². The van der Waals surface area contributed by atoms with E-state index in [1.807, 2.05) is 6.07 Å². The van der Waals surface area contributed by atoms with Crippen molar-refractivity contribution in [2.75, 3.05) is 37.9 Å². The molecule has 3 rings (SSSR count). The van der Waals surface area contributed by atoms with Gasteiger partial charge in [0.15, 0.2) is 5.65 Å². The maximum atomic E-state index is 14.1. The molecule has 3 aromatic rings. The Morgan fingerprint density at radius 3 is 2.91 bits per heavy atom. The van der Waals surface area contributed by atoms with Crippen LogP contribution in [0.2, 0.25) is 0 Å². The second kappa shape index (κ2) is 6.62. The van der Waals surface area contributed by atoms with E-state index in [2.05, 4.69) is 20.7 Å². The molecule has 0 unspecified atom stereocenters. The van der Waals surface area contributed by atoms with Gasteiger partial charge in [0.05, 0.1) is 18.5 Å². The molecular weight excluding hydrogens is 297 g/mol. The summed E-state index contributed by atoms with van der Waals surface area (Å²) in [7, 11) is 3.44. The van der Waals surface area contributed by atoms with Crippen LogP contribution in [0.1, 0.15) is 0 Å². The van der Waals surface area contributed by atoms with Gasteiger partial charge in [-0.2, -0.15) is 0 Å². The highest BCUT2D eigenvalue weighted by molar-refractivity contribution is 5.78. The largest absolute Gasteiger partial charge is 0.388 e. The predicted octanol–water partition coefficient (Wildman–Crippen LogP) is 2.66. The summed E-state index contributed by atoms with van der Waals surface area (Å²) >= 11 is 0. The third-order valence-electron chi connectivity index (χ3n) is 3.48. The Morgan fingerprint density at radius 2 is 2.13 bits per heavy atom. The second-order valence-corrected chi connectivity index (χ2v) is 5.05. The van der Waals surface area contributed by atoms with Gasteiger partial charge >= 0.3 is 0 Å². The first-order valence-electron chi connectivity index (χ1n) is 7.27. The Bertz CT molecular complexity index is 817. The van der Waals surface area contributed by atoms with E-state index < -0.39 is 0 Å². The molecular formula is C16H18FN5O. The van der Waals surface area contributed by atoms with Crippen LogP contribution in [0.25, 0.3) is 16.7 Å². The molecule has 0 saturated carbocycles. The van der Waals surface area contributed by atoms with E-state index >= 15 is 0 Å². The quantitative estimate of drug-likeness (QED) is 0.685. The van der Waals surface area contributed by atoms with Crippen molar-refractivity contribution in [2.45, 2.75) is 0 Å². The molecule has 2 N–H and O–H groups in total. The van der Waals surface area contributed by atoms with Crippen molar-refractivity contribution >= 4 is 22.4 Å². The number of pyridine rings is 1. The van der Waals surface area contributed by atoms with Gasteiger partial charge in [0.1, 0.15) is 11.5 Å². The SMILES string of the molecule is CNc1ccc(F)c(-n2cc3cc(NCCOC)cnc3n2)c1. The molecule has 0 radical (unpaired) electrons. The van der Waals surface area contributed by atoms with Crippen LogP contribution in [-0.4, -0.2) is 42.1 Å². The Hall–Kier alpha value is -2.67. The van der Waals surface area contributed by atoms with Gasteiger partial charge in [-0.15, -0.1) is 5.10 Å². The van der Waals surface area contributed by atoms with Crippen molar-refractivity contribution in [3.63, 3.8) is 0 Å². The number of ether oxygens (including phenoxy) is 1. The second-order valence-electron chi connectivity index (χ2n) is 5.05. The molecule has 23 heavy (non-hydrogen) atoms. The summed E-state index contributed by atoms with van der Waals surface area (Å²) in [5.74, 6) is -0.338. The highest BCUT2D eigenvalue weighted by Crippen LogP contribution is 2.21. The lowest BCUT2D eigenvalue weighted by Crippen LogP contribution is -2.07. The standard InChI is InChI=1S/C16H18FN5O/c1-18-12-3-4-14(17)15(8-12)22-10-11-7-13(19-5-6-23-2)9-20-16(11)21-22/h3-4,7-10,18-19H,5-6H2,1-2H3. The van der Waals surface area contributed by atoms with Gasteiger partial charge in [-0.05, 0) is 24.3 Å². The minimum absolute atomic E-state index is 0.338. The molecule has 2 heterocycles. The fourth-order valence-corrected chi connectivity index (χ4v) is 2.28. The lowest BCUT2D eigenvalue weighted by molar-refractivity contribution is 0.211. The molecule has 0 aliphatic heterocycles. The van der Waals surface area contributed by atoms with Crippen molar-refractivity contribution in [1.29, 1.82) is 0 Å². The fourth-order valence-electron chi connectivity index (χ4n) is 2.28. The first-order valence-corrected chi connectivity index (χ1v) is 7.27. The van der Waals surface area contributed by atoms with Crippen LogP contribution in [0.3, 0.4) is 0 Å². The molecule has 6 nitrogen and oxygen atoms in total. The Balaban J connectivity index is 1.93. The highest BCUT2D eigenvalue weighted by atomic mass is 19.1. The number of rotatable bonds is 6. The van der Waals surface area contributed by atoms with Gasteiger partial charge in [0.2, 0.25) is 0 Å². The number of methoxy groups -OCH3 is 1. The zero-order valence-electron chi connectivity index (χ0n) is 13.0. The van der Waals surface area contributed by atoms with Gasteiger partial charge in [-0.3, -0.25) is 0 Å². The minimum Gasteiger partial charge on any atom is -0.388 e. The molecule has 120 valence electrons. The van der Waals surface area contributed by atoms with Crippen LogP contribution in [0.5, 0.6) is 0 Å². The number of benzene rings is 1. The average Bonchev–Trinajstić information content (AvgIpc) is 2.98. The number of anilines is 2. The Kier molecular flexibility index (Phi) is 4.38. The number of nitrogens with zero attached hydrogens (tertiary/aromatic N) is 3. The summed E-state index contributed by atoms with van der Waals surface area (Å²) < 4.78 is 20.6. The molecule has 0 spiro atoms. The van der Waals surface area contributed by atoms with Crippen molar-refractivity contribution < 1.29 is 9.13 Å². The molecule has 0 fully saturated rings. The maximum Gasteiger partial charge on any atom is 0.181 e. The third-order valence-corrected chi connectivity index (χ3v) is 3.48. The van der Waals surface area contributed by atoms with E-state index in [1.165, 1.54) is 10.7 Å². The lowest BCUT2D eigenvalue weighted by atomic mass is 10.2. The van der Waals surface area contributed by atoms with Crippen molar-refractivity contribution in [2.24, 2.45) is 0 Å². The number of hydrogen-bond donors (Lipinski definition) is 2. The van der Waals surface area contributed by atoms with Crippen LogP contribution < -0.4 is 10.6 Å². The molecule has 7 heteroatoms. The molecule has 2 aromatic heterocycles. The number of nitrogens with one attached hydrogen (secondary N) is 2. The summed E-state index contributed by atoms with van der Waals surface area (Å²) in [6, 6.07) is 6.73. The van der Waals surface area contributed by atoms with Gasteiger partial charge in [-0.1, -0.05) is 0 Å². The molecule has 0 atom stereocenters. The van der Waals surface area contributed by atoms with E-state index in [1.54, 1.807) is 38.7 Å². The van der Waals surface area contributed by atoms with Crippen LogP contribution >= 0.6 is 0 Å². The van der Waals surface area contributed by atoms with E-state index in [4.69, 9.17) is 4.74 Å². The molecule has 0 amide bonds. The van der Waals surface area contributed by atoms with E-state index in [9.17, 15) is 4.39 Å². The lowest BCUT2D eigenvalue weighted by Gasteiger charge is -2.05. The summed E-state index contributed by atoms with van der Waals surface area (Å²) in [4.78, 5) is 4.30. The molecule has 1 aromatic carbocycles. The van der Waals surface area contributed by atoms with Crippen molar-refractivity contribution in [1.82, 2.24) is 14.8 Å². The molecule has 0 saturated heterocycles. The Morgan fingerprint density at radius 1 is 1.26 bits per heavy atom. The molecule has 0 aliphatic carbocycles. The number of halogens is 1. The normalized spacial score (nSPS) is 10.9. The van der Waals surface area contributed by atoms with Gasteiger partial charge in [-0.25, -0.2) is 14.1 Å². The first kappa shape index (κ1) is 15.2. The molecule has 0 bridgehead atoms. The van der Waals surface area contributed by atoms with Crippen LogP contribution in [-0.2, 0) is 4.74 Å². The zero-order chi connectivity index (χ0) is 16.2. The smallest absolute Gasteiger partial charge is 0.181 e. The summed E-state index contributed by atoms with van der Waals surface area (Å²) in [5, 5.41) is 11.4. The first-order chi connectivity index (χ1) is 11.2. The van der Waals surface area contributed by atoms with Crippen LogP contribution in [0.15, 0.2) is 36.7 Å². The predicted molar refractivity (Wildman–Crippen MR) is 88.7 cm³/mol. The van der Waals surface area contributed by atoms with Gasteiger partial charge < -0.3 is 15.4 Å². The summed E-state index contributed by atoms with van der Waals surface area (Å²) in [5.41, 5.74) is 2.63. The zero-order valence-corrected chi connectivity index (χ0v) is 13.0. The summed E-state index contributed by atoms with van der Waals surface area (Å²) in [6.07, 6.45) is 3.47. The summed E-state index contributed by atoms with van der Waals surface area (Å²) in [6.45, 7) is 1.30. The fraction of sp³-hybridized carbons (Fsp3) is 0.250. The van der Waals surface area contributed by atoms with Crippen LogP contribution in [0, 0.1) is 5.82 Å². The third kappa shape index (κ3) is 3.24. The highest BCUT2D eigenvalue weighted by Gasteiger charge is 2.10. The minimum atomic E-state index is -0.338. The topological polar surface area (TPSA) is 64.0 Å². The Labute approximate surface area is 133 Å². The number of hydrogen-bond acceptors (Lipinski definition) is 5. The average molecular weight is 315 g/mol. The number of fused-ring (bicyclic) bond motifs is 1. The van der Waals surface area contributed by atoms with Crippen molar-refractivity contribution in [3.05, 3.63) is 42.5 Å². The monoisotopic (exact) mass is 315 g/mol. The van der Waals surface area contributed by atoms with Crippen molar-refractivity contribution in [3.8, 4) is 5.69 Å². The van der Waals surface area contributed by atoms with E-state index in [0.29, 0.717) is 24.5 Å². The van der Waals surface area contributed by atoms with E-state index in [0.717, 1.165) is 16.8 Å². The number of aromatic nitrogens is 3.